The summed E-state index contributed by atoms with van der Waals surface area (Å²) in [5.41, 5.74) is 0. The Morgan fingerprint density at radius 2 is 2.00 bits per heavy atom. The van der Waals surface area contributed by atoms with Crippen molar-refractivity contribution in [1.82, 2.24) is 10.0 Å². The molecule has 6 nitrogen and oxygen atoms in total. The van der Waals surface area contributed by atoms with Gasteiger partial charge in [-0.15, -0.1) is 0 Å². The Labute approximate surface area is 103 Å². The van der Waals surface area contributed by atoms with Crippen molar-refractivity contribution in [3.8, 4) is 0 Å². The molecule has 0 bridgehead atoms. The molecule has 0 radical (unpaired) electrons. The van der Waals surface area contributed by atoms with Crippen molar-refractivity contribution in [3.63, 3.8) is 0 Å². The van der Waals surface area contributed by atoms with E-state index in [1.807, 2.05) is 0 Å². The molecule has 0 aliphatic heterocycles. The van der Waals surface area contributed by atoms with E-state index < -0.39 is 10.0 Å². The van der Waals surface area contributed by atoms with Gasteiger partial charge < -0.3 is 10.1 Å². The highest BCUT2D eigenvalue weighted by Crippen LogP contribution is 1.95. The monoisotopic (exact) mass is 266 g/mol. The molecule has 2 N–H and O–H groups in total. The van der Waals surface area contributed by atoms with Crippen LogP contribution >= 0.6 is 0 Å². The van der Waals surface area contributed by atoms with Crippen molar-refractivity contribution in [2.45, 2.75) is 26.2 Å². The molecular formula is C10H22N2O4S. The van der Waals surface area contributed by atoms with Gasteiger partial charge in [-0.1, -0.05) is 6.92 Å². The van der Waals surface area contributed by atoms with E-state index in [0.29, 0.717) is 19.6 Å². The molecule has 0 spiro atoms. The van der Waals surface area contributed by atoms with E-state index in [1.54, 1.807) is 14.0 Å². The van der Waals surface area contributed by atoms with Gasteiger partial charge in [0.2, 0.25) is 15.9 Å². The van der Waals surface area contributed by atoms with Crippen LogP contribution in [0.2, 0.25) is 0 Å². The summed E-state index contributed by atoms with van der Waals surface area (Å²) in [7, 11) is -1.62. The Hall–Kier alpha value is -0.660. The number of ether oxygens (including phenoxy) is 1. The van der Waals surface area contributed by atoms with E-state index in [1.165, 1.54) is 0 Å². The summed E-state index contributed by atoms with van der Waals surface area (Å²) in [4.78, 5) is 11.3. The van der Waals surface area contributed by atoms with Crippen LogP contribution in [0.15, 0.2) is 0 Å². The summed E-state index contributed by atoms with van der Waals surface area (Å²) in [5.74, 6) is -0.196. The average Bonchev–Trinajstić information content (AvgIpc) is 2.24. The molecular weight excluding hydrogens is 244 g/mol. The number of hydrogen-bond acceptors (Lipinski definition) is 4. The lowest BCUT2D eigenvalue weighted by Crippen LogP contribution is -2.34. The quantitative estimate of drug-likeness (QED) is 0.539. The molecule has 0 saturated carbocycles. The number of nitrogens with one attached hydrogen (secondary N) is 2. The fourth-order valence-corrected chi connectivity index (χ4v) is 2.19. The van der Waals surface area contributed by atoms with Crippen LogP contribution in [-0.2, 0) is 19.6 Å². The molecule has 7 heteroatoms. The fraction of sp³-hybridized carbons (Fsp3) is 0.900. The van der Waals surface area contributed by atoms with Gasteiger partial charge in [0.15, 0.2) is 0 Å². The molecule has 0 aromatic rings. The van der Waals surface area contributed by atoms with Crippen LogP contribution in [0.25, 0.3) is 0 Å². The van der Waals surface area contributed by atoms with E-state index in [-0.39, 0.29) is 18.2 Å². The topological polar surface area (TPSA) is 84.5 Å². The first-order chi connectivity index (χ1) is 8.02. The van der Waals surface area contributed by atoms with Crippen LogP contribution in [0.3, 0.4) is 0 Å². The molecule has 0 heterocycles. The molecule has 0 atom stereocenters. The zero-order chi connectivity index (χ0) is 13.1. The van der Waals surface area contributed by atoms with E-state index in [0.717, 1.165) is 12.8 Å². The van der Waals surface area contributed by atoms with Crippen molar-refractivity contribution in [1.29, 1.82) is 0 Å². The second-order valence-electron chi connectivity index (χ2n) is 3.62. The highest BCUT2D eigenvalue weighted by atomic mass is 32.2. The third kappa shape index (κ3) is 10.2. The third-order valence-corrected chi connectivity index (χ3v) is 3.53. The molecule has 0 fully saturated rings. The standard InChI is InChI=1S/C10H22N2O4S/c1-3-12-17(14,15)9-7-11-10(13)6-4-5-8-16-2/h12H,3-9H2,1-2H3,(H,11,13). The summed E-state index contributed by atoms with van der Waals surface area (Å²) in [6.45, 7) is 2.87. The lowest BCUT2D eigenvalue weighted by molar-refractivity contribution is -0.121. The van der Waals surface area contributed by atoms with Gasteiger partial charge >= 0.3 is 0 Å². The first kappa shape index (κ1) is 16.3. The fourth-order valence-electron chi connectivity index (χ4n) is 1.24. The number of carbonyl (C=O) groups is 1. The van der Waals surface area contributed by atoms with Gasteiger partial charge in [0.1, 0.15) is 0 Å². The molecule has 17 heavy (non-hydrogen) atoms. The van der Waals surface area contributed by atoms with Crippen molar-refractivity contribution < 1.29 is 17.9 Å². The number of sulfonamides is 1. The largest absolute Gasteiger partial charge is 0.385 e. The number of unbranched alkanes of at least 4 members (excludes halogenated alkanes) is 1. The Morgan fingerprint density at radius 1 is 1.29 bits per heavy atom. The summed E-state index contributed by atoms with van der Waals surface area (Å²) in [6.07, 6.45) is 1.99. The van der Waals surface area contributed by atoms with Gasteiger partial charge in [0.25, 0.3) is 0 Å². The Balaban J connectivity index is 3.57. The van der Waals surface area contributed by atoms with Gasteiger partial charge in [0, 0.05) is 33.2 Å². The van der Waals surface area contributed by atoms with Gasteiger partial charge in [-0.3, -0.25) is 4.79 Å². The van der Waals surface area contributed by atoms with E-state index in [2.05, 4.69) is 10.0 Å². The molecule has 0 unspecified atom stereocenters. The molecule has 0 rings (SSSR count). The molecule has 0 aromatic heterocycles. The smallest absolute Gasteiger partial charge is 0.220 e. The highest BCUT2D eigenvalue weighted by molar-refractivity contribution is 7.89. The summed E-state index contributed by atoms with van der Waals surface area (Å²) in [6, 6.07) is 0. The number of carbonyl (C=O) groups excluding carboxylic acids is 1. The Kier molecular flexibility index (Phi) is 9.01. The van der Waals surface area contributed by atoms with Gasteiger partial charge in [-0.05, 0) is 12.8 Å². The lowest BCUT2D eigenvalue weighted by atomic mass is 10.2. The predicted molar refractivity (Wildman–Crippen MR) is 66.2 cm³/mol. The molecule has 0 saturated heterocycles. The van der Waals surface area contributed by atoms with Gasteiger partial charge in [-0.2, -0.15) is 0 Å². The maximum atomic E-state index is 11.3. The van der Waals surface area contributed by atoms with Crippen molar-refractivity contribution in [2.24, 2.45) is 0 Å². The minimum atomic E-state index is -3.24. The summed E-state index contributed by atoms with van der Waals surface area (Å²) in [5, 5.41) is 2.58. The zero-order valence-electron chi connectivity index (χ0n) is 10.5. The van der Waals surface area contributed by atoms with Crippen LogP contribution in [0.5, 0.6) is 0 Å². The summed E-state index contributed by atoms with van der Waals surface area (Å²) >= 11 is 0. The normalized spacial score (nSPS) is 11.4. The first-order valence-electron chi connectivity index (χ1n) is 5.74. The summed E-state index contributed by atoms with van der Waals surface area (Å²) < 4.78 is 29.7. The van der Waals surface area contributed by atoms with E-state index in [9.17, 15) is 13.2 Å². The minimum absolute atomic E-state index is 0.0787. The van der Waals surface area contributed by atoms with E-state index >= 15 is 0 Å². The lowest BCUT2D eigenvalue weighted by Gasteiger charge is -2.06. The van der Waals surface area contributed by atoms with Crippen molar-refractivity contribution in [2.75, 3.05) is 32.6 Å². The maximum absolute atomic E-state index is 11.3. The van der Waals surface area contributed by atoms with Crippen molar-refractivity contribution >= 4 is 15.9 Å². The van der Waals surface area contributed by atoms with Crippen LogP contribution in [0, 0.1) is 0 Å². The molecule has 0 aliphatic carbocycles. The molecule has 0 aromatic carbocycles. The van der Waals surface area contributed by atoms with Crippen molar-refractivity contribution in [3.05, 3.63) is 0 Å². The van der Waals surface area contributed by atoms with Gasteiger partial charge in [-0.25, -0.2) is 13.1 Å². The van der Waals surface area contributed by atoms with Gasteiger partial charge in [0.05, 0.1) is 5.75 Å². The maximum Gasteiger partial charge on any atom is 0.220 e. The second kappa shape index (κ2) is 9.38. The molecule has 1 amide bonds. The number of amides is 1. The van der Waals surface area contributed by atoms with E-state index in [4.69, 9.17) is 4.74 Å². The SMILES string of the molecule is CCNS(=O)(=O)CCNC(=O)CCCCOC. The molecule has 0 aliphatic rings. The number of methoxy groups -OCH3 is 1. The zero-order valence-corrected chi connectivity index (χ0v) is 11.3. The Bertz CT molecular complexity index is 303. The number of hydrogen-bond donors (Lipinski definition) is 2. The van der Waals surface area contributed by atoms with Crippen LogP contribution < -0.4 is 10.0 Å². The van der Waals surface area contributed by atoms with Crippen LogP contribution in [0.4, 0.5) is 0 Å². The molecule has 102 valence electrons. The second-order valence-corrected chi connectivity index (χ2v) is 5.54. The first-order valence-corrected chi connectivity index (χ1v) is 7.40. The average molecular weight is 266 g/mol. The minimum Gasteiger partial charge on any atom is -0.385 e. The Morgan fingerprint density at radius 3 is 2.59 bits per heavy atom. The van der Waals surface area contributed by atoms with Crippen LogP contribution in [-0.4, -0.2) is 46.9 Å². The third-order valence-electron chi connectivity index (χ3n) is 2.06. The van der Waals surface area contributed by atoms with Crippen LogP contribution in [0.1, 0.15) is 26.2 Å². The highest BCUT2D eigenvalue weighted by Gasteiger charge is 2.08. The number of rotatable bonds is 10. The predicted octanol–water partition coefficient (Wildman–Crippen LogP) is -0.141.